The Hall–Kier alpha value is -2.41. The second kappa shape index (κ2) is 9.92. The second-order valence-corrected chi connectivity index (χ2v) is 10.6. The number of benzene rings is 3. The molecule has 4 aromatic rings. The van der Waals surface area contributed by atoms with Gasteiger partial charge in [0.2, 0.25) is 0 Å². The van der Waals surface area contributed by atoms with E-state index in [2.05, 4.69) is 4.57 Å². The number of rotatable bonds is 5. The van der Waals surface area contributed by atoms with Crippen molar-refractivity contribution in [3.05, 3.63) is 109 Å². The Bertz CT molecular complexity index is 1530. The van der Waals surface area contributed by atoms with Gasteiger partial charge in [-0.2, -0.15) is 0 Å². The number of nitrogens with zero attached hydrogens (tertiary/aromatic N) is 2. The Morgan fingerprint density at radius 3 is 2.40 bits per heavy atom. The highest BCUT2D eigenvalue weighted by Crippen LogP contribution is 2.36. The van der Waals surface area contributed by atoms with Crippen LogP contribution >= 0.6 is 58.2 Å². The molecule has 1 saturated heterocycles. The summed E-state index contributed by atoms with van der Waals surface area (Å²) in [5.74, 6) is -0.344. The molecule has 3 aromatic carbocycles. The summed E-state index contributed by atoms with van der Waals surface area (Å²) in [6.07, 6.45) is 3.73. The SMILES string of the molecule is O=C1SC(=Cc2cn(Cc3ccc(Cl)cc3Cl)c3ccccc23)C(=O)N1Cc1ccc(Cl)c(Cl)c1. The monoisotopic (exact) mass is 560 g/mol. The van der Waals surface area contributed by atoms with Crippen LogP contribution in [0.25, 0.3) is 17.0 Å². The quantitative estimate of drug-likeness (QED) is 0.229. The molecule has 2 amide bonds. The van der Waals surface area contributed by atoms with E-state index in [1.165, 1.54) is 4.90 Å². The van der Waals surface area contributed by atoms with Crippen molar-refractivity contribution in [2.75, 3.05) is 0 Å². The van der Waals surface area contributed by atoms with E-state index in [4.69, 9.17) is 46.4 Å². The molecule has 0 atom stereocenters. The van der Waals surface area contributed by atoms with Gasteiger partial charge in [-0.3, -0.25) is 14.5 Å². The summed E-state index contributed by atoms with van der Waals surface area (Å²) in [6, 6.07) is 18.4. The van der Waals surface area contributed by atoms with E-state index in [0.29, 0.717) is 31.5 Å². The van der Waals surface area contributed by atoms with Crippen LogP contribution in [0.2, 0.25) is 20.1 Å². The third-order valence-corrected chi connectivity index (χ3v) is 7.89. The molecule has 5 rings (SSSR count). The van der Waals surface area contributed by atoms with Gasteiger partial charge in [-0.05, 0) is 59.3 Å². The number of hydrogen-bond acceptors (Lipinski definition) is 3. The van der Waals surface area contributed by atoms with E-state index < -0.39 is 0 Å². The number of thioether (sulfide) groups is 1. The van der Waals surface area contributed by atoms with Crippen LogP contribution < -0.4 is 0 Å². The van der Waals surface area contributed by atoms with Gasteiger partial charge < -0.3 is 4.57 Å². The summed E-state index contributed by atoms with van der Waals surface area (Å²) >= 11 is 25.4. The largest absolute Gasteiger partial charge is 0.342 e. The molecule has 1 aliphatic rings. The molecule has 0 radical (unpaired) electrons. The standard InChI is InChI=1S/C26H16Cl4N2O2S/c27-18-7-6-16(21(29)11-18)13-31-14-17(19-3-1-2-4-23(19)31)10-24-25(33)32(26(34)35-24)12-15-5-8-20(28)22(30)9-15/h1-11,14H,12-13H2. The van der Waals surface area contributed by atoms with Gasteiger partial charge in [0.1, 0.15) is 0 Å². The van der Waals surface area contributed by atoms with E-state index in [0.717, 1.165) is 39.4 Å². The van der Waals surface area contributed by atoms with Gasteiger partial charge in [0.15, 0.2) is 0 Å². The smallest absolute Gasteiger partial charge is 0.293 e. The lowest BCUT2D eigenvalue weighted by Crippen LogP contribution is -2.27. The molecule has 1 aliphatic heterocycles. The summed E-state index contributed by atoms with van der Waals surface area (Å²) in [5.41, 5.74) is 3.47. The summed E-state index contributed by atoms with van der Waals surface area (Å²) < 4.78 is 2.07. The number of carbonyl (C=O) groups is 2. The van der Waals surface area contributed by atoms with Crippen LogP contribution in [-0.4, -0.2) is 20.6 Å². The van der Waals surface area contributed by atoms with E-state index >= 15 is 0 Å². The zero-order valence-corrected chi connectivity index (χ0v) is 21.8. The average Bonchev–Trinajstić information content (AvgIpc) is 3.30. The first-order chi connectivity index (χ1) is 16.8. The zero-order valence-electron chi connectivity index (χ0n) is 18.0. The molecule has 0 unspecified atom stereocenters. The van der Waals surface area contributed by atoms with Crippen LogP contribution in [0, 0.1) is 0 Å². The number of para-hydroxylation sites is 1. The molecular formula is C26H16Cl4N2O2S. The maximum absolute atomic E-state index is 13.1. The van der Waals surface area contributed by atoms with Crippen LogP contribution in [0.5, 0.6) is 0 Å². The van der Waals surface area contributed by atoms with E-state index in [1.54, 1.807) is 36.4 Å². The Morgan fingerprint density at radius 1 is 0.829 bits per heavy atom. The van der Waals surface area contributed by atoms with Crippen LogP contribution in [0.1, 0.15) is 16.7 Å². The van der Waals surface area contributed by atoms with Crippen molar-refractivity contribution in [3.8, 4) is 0 Å². The normalized spacial score (nSPS) is 15.1. The van der Waals surface area contributed by atoms with Gasteiger partial charge in [-0.1, -0.05) is 76.7 Å². The fraction of sp³-hybridized carbons (Fsp3) is 0.0769. The number of hydrogen-bond donors (Lipinski definition) is 0. The minimum atomic E-state index is -0.344. The maximum Gasteiger partial charge on any atom is 0.293 e. The lowest BCUT2D eigenvalue weighted by Gasteiger charge is -2.12. The van der Waals surface area contributed by atoms with Crippen molar-refractivity contribution in [1.82, 2.24) is 9.47 Å². The molecule has 0 bridgehead atoms. The molecule has 1 aromatic heterocycles. The number of amides is 2. The molecule has 0 N–H and O–H groups in total. The minimum Gasteiger partial charge on any atom is -0.342 e. The molecule has 0 saturated carbocycles. The molecular weight excluding hydrogens is 546 g/mol. The predicted molar refractivity (Wildman–Crippen MR) is 145 cm³/mol. The Kier molecular flexibility index (Phi) is 6.88. The van der Waals surface area contributed by atoms with Crippen LogP contribution in [0.15, 0.2) is 71.8 Å². The molecule has 0 spiro atoms. The average molecular weight is 562 g/mol. The molecule has 35 heavy (non-hydrogen) atoms. The third-order valence-electron chi connectivity index (χ3n) is 5.66. The summed E-state index contributed by atoms with van der Waals surface area (Å²) in [6.45, 7) is 0.652. The highest BCUT2D eigenvalue weighted by Gasteiger charge is 2.35. The fourth-order valence-electron chi connectivity index (χ4n) is 3.95. The highest BCUT2D eigenvalue weighted by molar-refractivity contribution is 8.18. The topological polar surface area (TPSA) is 42.3 Å². The summed E-state index contributed by atoms with van der Waals surface area (Å²) in [7, 11) is 0. The Labute approximate surface area is 226 Å². The Balaban J connectivity index is 1.46. The molecule has 1 fully saturated rings. The Morgan fingerprint density at radius 2 is 1.63 bits per heavy atom. The van der Waals surface area contributed by atoms with Crippen LogP contribution in [-0.2, 0) is 17.9 Å². The van der Waals surface area contributed by atoms with Gasteiger partial charge >= 0.3 is 0 Å². The number of aromatic nitrogens is 1. The first kappa shape index (κ1) is 24.3. The number of carbonyl (C=O) groups excluding carboxylic acids is 2. The van der Waals surface area contributed by atoms with Crippen molar-refractivity contribution in [2.24, 2.45) is 0 Å². The lowest BCUT2D eigenvalue weighted by atomic mass is 10.1. The van der Waals surface area contributed by atoms with Crippen molar-refractivity contribution in [1.29, 1.82) is 0 Å². The van der Waals surface area contributed by atoms with Crippen molar-refractivity contribution >= 4 is 86.3 Å². The van der Waals surface area contributed by atoms with Crippen molar-refractivity contribution in [2.45, 2.75) is 13.1 Å². The third kappa shape index (κ3) is 4.97. The minimum absolute atomic E-state index is 0.121. The van der Waals surface area contributed by atoms with Gasteiger partial charge in [-0.25, -0.2) is 0 Å². The van der Waals surface area contributed by atoms with E-state index in [9.17, 15) is 9.59 Å². The van der Waals surface area contributed by atoms with Crippen molar-refractivity contribution in [3.63, 3.8) is 0 Å². The number of fused-ring (bicyclic) bond motifs is 1. The molecule has 9 heteroatoms. The summed E-state index contributed by atoms with van der Waals surface area (Å²) in [5, 5.41) is 2.59. The first-order valence-corrected chi connectivity index (χ1v) is 12.8. The van der Waals surface area contributed by atoms with Crippen LogP contribution in [0.3, 0.4) is 0 Å². The van der Waals surface area contributed by atoms with Gasteiger partial charge in [-0.15, -0.1) is 0 Å². The first-order valence-electron chi connectivity index (χ1n) is 10.5. The summed E-state index contributed by atoms with van der Waals surface area (Å²) in [4.78, 5) is 27.3. The molecule has 4 nitrogen and oxygen atoms in total. The van der Waals surface area contributed by atoms with Crippen LogP contribution in [0.4, 0.5) is 4.79 Å². The predicted octanol–water partition coefficient (Wildman–Crippen LogP) is 8.54. The maximum atomic E-state index is 13.1. The van der Waals surface area contributed by atoms with E-state index in [1.807, 2.05) is 36.5 Å². The highest BCUT2D eigenvalue weighted by atomic mass is 35.5. The van der Waals surface area contributed by atoms with E-state index in [-0.39, 0.29) is 17.7 Å². The fourth-order valence-corrected chi connectivity index (χ4v) is 5.57. The second-order valence-electron chi connectivity index (χ2n) is 7.98. The lowest BCUT2D eigenvalue weighted by molar-refractivity contribution is -0.123. The molecule has 2 heterocycles. The van der Waals surface area contributed by atoms with Crippen molar-refractivity contribution < 1.29 is 9.59 Å². The van der Waals surface area contributed by atoms with Gasteiger partial charge in [0.25, 0.3) is 11.1 Å². The number of imide groups is 1. The zero-order chi connectivity index (χ0) is 24.7. The van der Waals surface area contributed by atoms with Gasteiger partial charge in [0.05, 0.1) is 21.5 Å². The molecule has 0 aliphatic carbocycles. The van der Waals surface area contributed by atoms with Gasteiger partial charge in [0, 0.05) is 39.3 Å². The molecule has 176 valence electrons. The number of halogens is 4.